The van der Waals surface area contributed by atoms with Gasteiger partial charge in [-0.15, -0.1) is 0 Å². The van der Waals surface area contributed by atoms with E-state index in [9.17, 15) is 9.50 Å². The van der Waals surface area contributed by atoms with Gasteiger partial charge in [-0.1, -0.05) is 43.3 Å². The van der Waals surface area contributed by atoms with Crippen molar-refractivity contribution < 1.29 is 23.4 Å². The van der Waals surface area contributed by atoms with Gasteiger partial charge >= 0.3 is 6.01 Å². The van der Waals surface area contributed by atoms with Gasteiger partial charge in [0.05, 0.1) is 36.2 Å². The Morgan fingerprint density at radius 3 is 2.64 bits per heavy atom. The molecule has 56 heavy (non-hydrogen) atoms. The van der Waals surface area contributed by atoms with Crippen LogP contribution in [-0.4, -0.2) is 92.9 Å². The van der Waals surface area contributed by atoms with Crippen molar-refractivity contribution in [3.8, 4) is 22.9 Å². The number of hydrogen-bond acceptors (Lipinski definition) is 9. The van der Waals surface area contributed by atoms with Crippen LogP contribution in [0.25, 0.3) is 43.7 Å². The summed E-state index contributed by atoms with van der Waals surface area (Å²) in [4.78, 5) is 14.9. The van der Waals surface area contributed by atoms with Crippen molar-refractivity contribution in [1.82, 2.24) is 30.0 Å². The van der Waals surface area contributed by atoms with Crippen molar-refractivity contribution in [2.45, 2.75) is 82.4 Å². The Morgan fingerprint density at radius 1 is 0.982 bits per heavy atom. The standard InChI is InChI=1S/C44H47F2N7O3/c1-2-33-37(46)12-9-28-17-32(54)18-34(39(28)33)35-19-38-40(36-24-53(50-41(35)36)15-16-55-25-27-7-4-3-5-8-27)42(51-22-30-10-11-31(23-51)47-30)49-43(48-38)56-26-44-13-6-14-52(44)21-29(45)20-44/h3-5,7-9,12,17-19,24,29-31,47,54H,2,6,10-11,13-16,20-23,25-26H2,1H3/t29-,30-,31+,44+/m1/s1. The lowest BCUT2D eigenvalue weighted by Crippen LogP contribution is -2.51. The first kappa shape index (κ1) is 35.5. The summed E-state index contributed by atoms with van der Waals surface area (Å²) < 4.78 is 44.8. The average Bonchev–Trinajstić information content (AvgIpc) is 3.97. The minimum absolute atomic E-state index is 0.0787. The summed E-state index contributed by atoms with van der Waals surface area (Å²) in [6.45, 7) is 6.60. The summed E-state index contributed by atoms with van der Waals surface area (Å²) in [7, 11) is 0. The molecule has 10 nitrogen and oxygen atoms in total. The van der Waals surface area contributed by atoms with Crippen LogP contribution in [0.4, 0.5) is 14.6 Å². The number of nitrogens with one attached hydrogen (secondary N) is 1. The number of aryl methyl sites for hydroxylation is 1. The van der Waals surface area contributed by atoms with Crippen LogP contribution in [0.15, 0.2) is 66.9 Å². The predicted octanol–water partition coefficient (Wildman–Crippen LogP) is 7.32. The fraction of sp³-hybridized carbons (Fsp3) is 0.432. The van der Waals surface area contributed by atoms with Crippen LogP contribution in [0, 0.1) is 5.82 Å². The number of anilines is 1. The lowest BCUT2D eigenvalue weighted by molar-refractivity contribution is 0.107. The molecule has 2 N–H and O–H groups in total. The number of benzene rings is 4. The summed E-state index contributed by atoms with van der Waals surface area (Å²) in [5.41, 5.74) is 4.10. The molecule has 4 fully saturated rings. The van der Waals surface area contributed by atoms with Gasteiger partial charge in [-0.05, 0) is 90.4 Å². The summed E-state index contributed by atoms with van der Waals surface area (Å²) in [6.07, 6.45) is 6.22. The molecule has 0 saturated carbocycles. The average molecular weight is 760 g/mol. The largest absolute Gasteiger partial charge is 0.508 e. The van der Waals surface area contributed by atoms with E-state index in [0.717, 1.165) is 83.8 Å². The Balaban J connectivity index is 1.14. The van der Waals surface area contributed by atoms with E-state index in [0.29, 0.717) is 80.0 Å². The fourth-order valence-corrected chi connectivity index (χ4v) is 10.0. The first-order chi connectivity index (χ1) is 27.3. The molecule has 6 heterocycles. The Hall–Kier alpha value is -4.91. The van der Waals surface area contributed by atoms with Crippen molar-refractivity contribution in [2.24, 2.45) is 0 Å². The van der Waals surface area contributed by atoms with Gasteiger partial charge in [-0.3, -0.25) is 9.58 Å². The second-order valence-electron chi connectivity index (χ2n) is 16.2. The van der Waals surface area contributed by atoms with E-state index in [1.54, 1.807) is 18.2 Å². The number of phenolic OH excluding ortho intramolecular Hbond substituents is 1. The third-order valence-corrected chi connectivity index (χ3v) is 12.6. The van der Waals surface area contributed by atoms with Crippen LogP contribution < -0.4 is 15.0 Å². The zero-order valence-electron chi connectivity index (χ0n) is 31.7. The van der Waals surface area contributed by atoms with Gasteiger partial charge in [0.25, 0.3) is 0 Å². The lowest BCUT2D eigenvalue weighted by Gasteiger charge is -2.35. The number of nitrogens with zero attached hydrogens (tertiary/aromatic N) is 6. The zero-order valence-corrected chi connectivity index (χ0v) is 31.7. The van der Waals surface area contributed by atoms with Crippen molar-refractivity contribution >= 4 is 38.4 Å². The van der Waals surface area contributed by atoms with Crippen LogP contribution in [-0.2, 0) is 24.3 Å². The van der Waals surface area contributed by atoms with E-state index in [4.69, 9.17) is 24.5 Å². The number of fused-ring (bicyclic) bond motifs is 7. The van der Waals surface area contributed by atoms with Crippen molar-refractivity contribution in [1.29, 1.82) is 0 Å². The molecule has 2 aromatic heterocycles. The lowest BCUT2D eigenvalue weighted by atomic mass is 9.91. The summed E-state index contributed by atoms with van der Waals surface area (Å²) in [5, 5.41) is 23.2. The maximum Gasteiger partial charge on any atom is 0.319 e. The molecule has 0 amide bonds. The van der Waals surface area contributed by atoms with Crippen LogP contribution in [0.3, 0.4) is 0 Å². The highest BCUT2D eigenvalue weighted by Crippen LogP contribution is 2.44. The molecule has 0 spiro atoms. The molecule has 0 radical (unpaired) electrons. The molecule has 12 heteroatoms. The van der Waals surface area contributed by atoms with Crippen LogP contribution in [0.1, 0.15) is 50.2 Å². The molecule has 10 rings (SSSR count). The molecular weight excluding hydrogens is 713 g/mol. The molecule has 2 bridgehead atoms. The Morgan fingerprint density at radius 2 is 1.82 bits per heavy atom. The topological polar surface area (TPSA) is 101 Å². The smallest absolute Gasteiger partial charge is 0.319 e. The third kappa shape index (κ3) is 6.31. The van der Waals surface area contributed by atoms with Gasteiger partial charge in [-0.25, -0.2) is 8.78 Å². The van der Waals surface area contributed by atoms with Gasteiger partial charge in [0.1, 0.15) is 35.7 Å². The molecule has 290 valence electrons. The maximum absolute atomic E-state index is 15.5. The quantitative estimate of drug-likeness (QED) is 0.132. The van der Waals surface area contributed by atoms with E-state index in [1.807, 2.05) is 54.2 Å². The second kappa shape index (κ2) is 14.2. The number of halogens is 2. The van der Waals surface area contributed by atoms with E-state index in [2.05, 4.69) is 15.1 Å². The highest BCUT2D eigenvalue weighted by atomic mass is 19.1. The van der Waals surface area contributed by atoms with Crippen molar-refractivity contribution in [3.05, 3.63) is 83.8 Å². The SMILES string of the molecule is CCc1c(F)ccc2cc(O)cc(-c3cc4nc(OC[C@@]56CCCN5C[C@H](F)C6)nc(N5C[C@H]6CC[C@@H](C5)N6)c4c4cn(CCOCc5ccccc5)nc34)c12. The van der Waals surface area contributed by atoms with Crippen LogP contribution in [0.5, 0.6) is 11.8 Å². The molecule has 4 aliphatic heterocycles. The summed E-state index contributed by atoms with van der Waals surface area (Å²) >= 11 is 0. The number of aromatic hydroxyl groups is 1. The van der Waals surface area contributed by atoms with Crippen LogP contribution in [0.2, 0.25) is 0 Å². The Kier molecular flexibility index (Phi) is 9.02. The van der Waals surface area contributed by atoms with Gasteiger partial charge < -0.3 is 24.8 Å². The number of aromatic nitrogens is 4. The van der Waals surface area contributed by atoms with Crippen molar-refractivity contribution in [3.63, 3.8) is 0 Å². The first-order valence-corrected chi connectivity index (χ1v) is 20.1. The van der Waals surface area contributed by atoms with Gasteiger partial charge in [0, 0.05) is 55.3 Å². The third-order valence-electron chi connectivity index (χ3n) is 12.6. The van der Waals surface area contributed by atoms with E-state index < -0.39 is 6.17 Å². The number of phenols is 1. The fourth-order valence-electron chi connectivity index (χ4n) is 10.0. The predicted molar refractivity (Wildman–Crippen MR) is 214 cm³/mol. The van der Waals surface area contributed by atoms with E-state index >= 15 is 4.39 Å². The number of rotatable bonds is 11. The number of alkyl halides is 1. The molecule has 4 atom stereocenters. The van der Waals surface area contributed by atoms with Gasteiger partial charge in [0.15, 0.2) is 0 Å². The molecule has 4 saturated heterocycles. The minimum atomic E-state index is -0.866. The molecule has 0 aliphatic carbocycles. The molecule has 6 aromatic rings. The highest BCUT2D eigenvalue weighted by molar-refractivity contribution is 6.17. The maximum atomic E-state index is 15.5. The normalized spacial score (nSPS) is 23.6. The Labute approximate surface area is 324 Å². The molecule has 4 aliphatic rings. The number of ether oxygens (including phenoxy) is 2. The Bertz CT molecular complexity index is 2430. The monoisotopic (exact) mass is 759 g/mol. The molecule has 0 unspecified atom stereocenters. The van der Waals surface area contributed by atoms with E-state index in [1.165, 1.54) is 6.07 Å². The van der Waals surface area contributed by atoms with Gasteiger partial charge in [-0.2, -0.15) is 15.1 Å². The van der Waals surface area contributed by atoms with E-state index in [-0.39, 0.29) is 23.1 Å². The summed E-state index contributed by atoms with van der Waals surface area (Å²) in [5.74, 6) is 0.577. The van der Waals surface area contributed by atoms with Crippen LogP contribution >= 0.6 is 0 Å². The van der Waals surface area contributed by atoms with Crippen molar-refractivity contribution in [2.75, 3.05) is 44.3 Å². The molecule has 4 aromatic carbocycles. The first-order valence-electron chi connectivity index (χ1n) is 20.1. The number of piperazine rings is 1. The second-order valence-corrected chi connectivity index (χ2v) is 16.2. The molecular formula is C44H47F2N7O3. The summed E-state index contributed by atoms with van der Waals surface area (Å²) in [6, 6.07) is 19.6. The minimum Gasteiger partial charge on any atom is -0.508 e. The van der Waals surface area contributed by atoms with Gasteiger partial charge in [0.2, 0.25) is 0 Å². The number of hydrogen-bond donors (Lipinski definition) is 2. The highest BCUT2D eigenvalue weighted by Gasteiger charge is 2.49. The zero-order chi connectivity index (χ0) is 38.0.